The quantitative estimate of drug-likeness (QED) is 0.268. The minimum absolute atomic E-state index is 0.0409. The maximum atomic E-state index is 14.2. The fourth-order valence-electron chi connectivity index (χ4n) is 4.08. The van der Waals surface area contributed by atoms with Crippen LogP contribution < -0.4 is 18.9 Å². The minimum atomic E-state index is -3.97. The summed E-state index contributed by atoms with van der Waals surface area (Å²) in [5.41, 5.74) is 1.86. The van der Waals surface area contributed by atoms with Crippen LogP contribution in [0.4, 0.5) is 0 Å². The summed E-state index contributed by atoms with van der Waals surface area (Å²) in [6, 6.07) is 14.1. The summed E-state index contributed by atoms with van der Waals surface area (Å²) >= 11 is 3.37. The van der Waals surface area contributed by atoms with E-state index in [1.54, 1.807) is 75.9 Å². The monoisotopic (exact) mass is 608 g/mol. The molecule has 0 aliphatic rings. The summed E-state index contributed by atoms with van der Waals surface area (Å²) in [7, 11) is 3.70. The van der Waals surface area contributed by atoms with Crippen LogP contribution in [0.5, 0.6) is 23.0 Å². The third-order valence-electron chi connectivity index (χ3n) is 6.23. The topological polar surface area (TPSA) is 96.4 Å². The standard InChI is InChI=1S/C27H33BrN2O7S/c1-18(27(37-6)24-12-9-21(28)15-29-24)38(31,32)30(16-19-7-10-22(33-2)13-25(19)35-4)17-20-8-11-23(34-3)14-26(20)36-5/h7-15,18,27H,16-17H2,1-6H3/t18-,27+/m1/s1. The van der Waals surface area contributed by atoms with Gasteiger partial charge in [-0.1, -0.05) is 12.1 Å². The molecule has 1 aromatic heterocycles. The van der Waals surface area contributed by atoms with Gasteiger partial charge in [-0.15, -0.1) is 0 Å². The van der Waals surface area contributed by atoms with Gasteiger partial charge >= 0.3 is 0 Å². The molecule has 3 rings (SSSR count). The molecular weight excluding hydrogens is 576 g/mol. The van der Waals surface area contributed by atoms with Crippen LogP contribution >= 0.6 is 15.9 Å². The van der Waals surface area contributed by atoms with Crippen LogP contribution in [0.3, 0.4) is 0 Å². The van der Waals surface area contributed by atoms with Crippen molar-refractivity contribution in [3.63, 3.8) is 0 Å². The van der Waals surface area contributed by atoms with Crippen molar-refractivity contribution in [1.82, 2.24) is 9.29 Å². The predicted octanol–water partition coefficient (Wildman–Crippen LogP) is 4.99. The molecule has 0 bridgehead atoms. The van der Waals surface area contributed by atoms with Gasteiger partial charge in [0.2, 0.25) is 10.0 Å². The van der Waals surface area contributed by atoms with Crippen molar-refractivity contribution in [2.45, 2.75) is 31.4 Å². The van der Waals surface area contributed by atoms with Crippen LogP contribution in [-0.2, 0) is 27.8 Å². The largest absolute Gasteiger partial charge is 0.497 e. The van der Waals surface area contributed by atoms with Gasteiger partial charge in [-0.2, -0.15) is 4.31 Å². The summed E-state index contributed by atoms with van der Waals surface area (Å²) in [4.78, 5) is 4.38. The highest BCUT2D eigenvalue weighted by Crippen LogP contribution is 2.33. The Morgan fingerprint density at radius 2 is 1.34 bits per heavy atom. The molecule has 1 heterocycles. The molecule has 0 radical (unpaired) electrons. The van der Waals surface area contributed by atoms with E-state index in [1.807, 2.05) is 0 Å². The summed E-state index contributed by atoms with van der Waals surface area (Å²) in [5.74, 6) is 2.23. The Balaban J connectivity index is 2.07. The van der Waals surface area contributed by atoms with Gasteiger partial charge in [0.1, 0.15) is 34.4 Å². The lowest BCUT2D eigenvalue weighted by atomic mass is 10.1. The number of aromatic nitrogens is 1. The molecule has 0 unspecified atom stereocenters. The zero-order valence-electron chi connectivity index (χ0n) is 22.3. The molecular formula is C27H33BrN2O7S. The molecule has 2 aromatic carbocycles. The van der Waals surface area contributed by atoms with Crippen molar-refractivity contribution in [2.75, 3.05) is 35.5 Å². The van der Waals surface area contributed by atoms with Crippen LogP contribution in [0.25, 0.3) is 0 Å². The highest BCUT2D eigenvalue weighted by Gasteiger charge is 2.37. The first-order valence-electron chi connectivity index (χ1n) is 11.7. The highest BCUT2D eigenvalue weighted by atomic mass is 79.9. The zero-order valence-corrected chi connectivity index (χ0v) is 24.7. The van der Waals surface area contributed by atoms with Crippen molar-refractivity contribution in [1.29, 1.82) is 0 Å². The van der Waals surface area contributed by atoms with Gasteiger partial charge < -0.3 is 23.7 Å². The third kappa shape index (κ3) is 6.76. The van der Waals surface area contributed by atoms with E-state index in [9.17, 15) is 8.42 Å². The smallest absolute Gasteiger partial charge is 0.220 e. The first kappa shape index (κ1) is 29.7. The van der Waals surface area contributed by atoms with E-state index < -0.39 is 21.4 Å². The van der Waals surface area contributed by atoms with Crippen LogP contribution in [0.2, 0.25) is 0 Å². The molecule has 0 fully saturated rings. The molecule has 0 aliphatic heterocycles. The first-order valence-corrected chi connectivity index (χ1v) is 14.0. The molecule has 206 valence electrons. The molecule has 0 aliphatic carbocycles. The van der Waals surface area contributed by atoms with Gasteiger partial charge in [0.05, 0.1) is 34.1 Å². The van der Waals surface area contributed by atoms with Crippen LogP contribution in [0.1, 0.15) is 29.8 Å². The molecule has 0 saturated carbocycles. The molecule has 0 spiro atoms. The SMILES string of the molecule is COc1ccc(CN(Cc2ccc(OC)cc2OC)S(=O)(=O)[C@H](C)[C@H](OC)c2ccc(Br)cn2)c(OC)c1. The summed E-state index contributed by atoms with van der Waals surface area (Å²) in [5, 5.41) is -0.963. The van der Waals surface area contributed by atoms with Crippen LogP contribution in [-0.4, -0.2) is 58.5 Å². The Hall–Kier alpha value is -2.86. The highest BCUT2D eigenvalue weighted by molar-refractivity contribution is 9.10. The number of sulfonamides is 1. The van der Waals surface area contributed by atoms with Crippen molar-refractivity contribution in [3.05, 3.63) is 76.0 Å². The lowest BCUT2D eigenvalue weighted by molar-refractivity contribution is 0.0968. The van der Waals surface area contributed by atoms with Crippen molar-refractivity contribution >= 4 is 26.0 Å². The van der Waals surface area contributed by atoms with Gasteiger partial charge in [0, 0.05) is 54.1 Å². The van der Waals surface area contributed by atoms with Crippen molar-refractivity contribution in [2.24, 2.45) is 0 Å². The third-order valence-corrected chi connectivity index (χ3v) is 8.87. The Morgan fingerprint density at radius 1 is 0.816 bits per heavy atom. The average molecular weight is 610 g/mol. The fourth-order valence-corrected chi connectivity index (χ4v) is 5.99. The van der Waals surface area contributed by atoms with Crippen LogP contribution in [0.15, 0.2) is 59.2 Å². The predicted molar refractivity (Wildman–Crippen MR) is 148 cm³/mol. The molecule has 0 N–H and O–H groups in total. The Bertz CT molecular complexity index is 1260. The maximum absolute atomic E-state index is 14.2. The first-order chi connectivity index (χ1) is 18.2. The number of ether oxygens (including phenoxy) is 5. The second kappa shape index (κ2) is 13.3. The summed E-state index contributed by atoms with van der Waals surface area (Å²) in [6.45, 7) is 1.70. The normalized spacial score (nSPS) is 13.2. The summed E-state index contributed by atoms with van der Waals surface area (Å²) in [6.07, 6.45) is 0.814. The van der Waals surface area contributed by atoms with Gasteiger partial charge in [0.15, 0.2) is 0 Å². The number of nitrogens with zero attached hydrogens (tertiary/aromatic N) is 2. The zero-order chi connectivity index (χ0) is 27.9. The van der Waals surface area contributed by atoms with E-state index in [4.69, 9.17) is 23.7 Å². The molecule has 3 aromatic rings. The van der Waals surface area contributed by atoms with E-state index in [1.165, 1.54) is 25.6 Å². The number of benzene rings is 2. The number of hydrogen-bond donors (Lipinski definition) is 0. The van der Waals surface area contributed by atoms with E-state index in [2.05, 4.69) is 20.9 Å². The lowest BCUT2D eigenvalue weighted by Crippen LogP contribution is -2.40. The summed E-state index contributed by atoms with van der Waals surface area (Å²) < 4.78 is 58.0. The fraction of sp³-hybridized carbons (Fsp3) is 0.370. The van der Waals surface area contributed by atoms with E-state index in [0.29, 0.717) is 39.8 Å². The Morgan fingerprint density at radius 3 is 1.74 bits per heavy atom. The molecule has 9 nitrogen and oxygen atoms in total. The van der Waals surface area contributed by atoms with E-state index >= 15 is 0 Å². The molecule has 11 heteroatoms. The number of halogens is 1. The lowest BCUT2D eigenvalue weighted by Gasteiger charge is -2.30. The molecule has 0 amide bonds. The van der Waals surface area contributed by atoms with E-state index in [0.717, 1.165) is 4.47 Å². The van der Waals surface area contributed by atoms with Gasteiger partial charge in [0.25, 0.3) is 0 Å². The van der Waals surface area contributed by atoms with E-state index in [-0.39, 0.29) is 13.1 Å². The second-order valence-corrected chi connectivity index (χ2v) is 11.6. The van der Waals surface area contributed by atoms with Crippen molar-refractivity contribution in [3.8, 4) is 23.0 Å². The average Bonchev–Trinajstić information content (AvgIpc) is 2.94. The van der Waals surface area contributed by atoms with Gasteiger partial charge in [-0.05, 0) is 47.1 Å². The number of rotatable bonds is 13. The maximum Gasteiger partial charge on any atom is 0.220 e. The molecule has 0 saturated heterocycles. The second-order valence-electron chi connectivity index (χ2n) is 8.43. The number of pyridine rings is 1. The Kier molecular flexibility index (Phi) is 10.4. The minimum Gasteiger partial charge on any atom is -0.497 e. The Labute approximate surface area is 232 Å². The van der Waals surface area contributed by atoms with Gasteiger partial charge in [-0.25, -0.2) is 8.42 Å². The van der Waals surface area contributed by atoms with Gasteiger partial charge in [-0.3, -0.25) is 4.98 Å². The van der Waals surface area contributed by atoms with Crippen molar-refractivity contribution < 1.29 is 32.1 Å². The number of hydrogen-bond acceptors (Lipinski definition) is 8. The molecule has 38 heavy (non-hydrogen) atoms. The number of methoxy groups -OCH3 is 5. The van der Waals surface area contributed by atoms with Crippen LogP contribution in [0, 0.1) is 0 Å². The molecule has 2 atom stereocenters.